The fourth-order valence-corrected chi connectivity index (χ4v) is 8.51. The number of nitrogens with zero attached hydrogens (tertiary/aromatic N) is 8. The Balaban J connectivity index is 0.901. The van der Waals surface area contributed by atoms with Gasteiger partial charge in [0.25, 0.3) is 0 Å². The minimum absolute atomic E-state index is 0.0354. The van der Waals surface area contributed by atoms with Crippen LogP contribution in [0.15, 0.2) is 85.7 Å². The van der Waals surface area contributed by atoms with Crippen LogP contribution in [-0.4, -0.2) is 86.7 Å². The van der Waals surface area contributed by atoms with Gasteiger partial charge in [-0.1, -0.05) is 90.1 Å². The number of aryl methyl sites for hydroxylation is 2. The van der Waals surface area contributed by atoms with Gasteiger partial charge in [-0.15, -0.1) is 0 Å². The van der Waals surface area contributed by atoms with Crippen LogP contribution >= 0.6 is 0 Å². The van der Waals surface area contributed by atoms with Gasteiger partial charge in [0, 0.05) is 37.9 Å². The van der Waals surface area contributed by atoms with Crippen molar-refractivity contribution in [2.75, 3.05) is 23.7 Å². The summed E-state index contributed by atoms with van der Waals surface area (Å²) in [7, 11) is 0. The molecule has 4 N–H and O–H groups in total. The van der Waals surface area contributed by atoms with Gasteiger partial charge in [0.05, 0.1) is 35.9 Å². The lowest BCUT2D eigenvalue weighted by Crippen LogP contribution is -2.45. The summed E-state index contributed by atoms with van der Waals surface area (Å²) in [5.41, 5.74) is 8.17. The van der Waals surface area contributed by atoms with Crippen LogP contribution in [0.25, 0.3) is 33.6 Å². The average molecular weight is 835 g/mol. The van der Waals surface area contributed by atoms with E-state index in [0.29, 0.717) is 25.0 Å². The van der Waals surface area contributed by atoms with Crippen molar-refractivity contribution >= 4 is 23.7 Å². The van der Waals surface area contributed by atoms with Crippen LogP contribution in [0.1, 0.15) is 102 Å². The van der Waals surface area contributed by atoms with E-state index in [1.807, 2.05) is 74.7 Å². The predicted molar refractivity (Wildman–Crippen MR) is 242 cm³/mol. The van der Waals surface area contributed by atoms with Crippen LogP contribution in [0.3, 0.4) is 0 Å². The number of imidazole rings is 2. The monoisotopic (exact) mass is 834 g/mol. The van der Waals surface area contributed by atoms with Crippen LogP contribution in [0.4, 0.5) is 11.9 Å². The Hall–Kier alpha value is -6.44. The highest BCUT2D eigenvalue weighted by Gasteiger charge is 2.38. The fraction of sp³-hybridized carbons (Fsp3) is 0.417. The lowest BCUT2D eigenvalue weighted by molar-refractivity contribution is -0.134. The number of H-pyrrole nitrogens is 2. The van der Waals surface area contributed by atoms with Crippen LogP contribution in [0, 0.1) is 11.8 Å². The van der Waals surface area contributed by atoms with Gasteiger partial charge in [0.2, 0.25) is 23.7 Å². The maximum atomic E-state index is 14.0. The molecule has 2 aliphatic rings. The summed E-state index contributed by atoms with van der Waals surface area (Å²) in [6, 6.07) is 15.7. The van der Waals surface area contributed by atoms with Crippen LogP contribution in [0.5, 0.6) is 0 Å². The highest BCUT2D eigenvalue weighted by molar-refractivity contribution is 5.86. The molecule has 14 heteroatoms. The molecule has 14 nitrogen and oxygen atoms in total. The second-order valence-corrected chi connectivity index (χ2v) is 17.2. The number of benzene rings is 2. The molecule has 2 amide bonds. The van der Waals surface area contributed by atoms with Gasteiger partial charge >= 0.3 is 0 Å². The van der Waals surface area contributed by atoms with Crippen molar-refractivity contribution in [3.8, 4) is 33.6 Å². The molecule has 2 unspecified atom stereocenters. The number of nitrogens with one attached hydrogen (secondary N) is 4. The Morgan fingerprint density at radius 3 is 1.26 bits per heavy atom. The molecule has 6 aromatic rings. The summed E-state index contributed by atoms with van der Waals surface area (Å²) < 4.78 is 0. The Morgan fingerprint density at radius 2 is 0.919 bits per heavy atom. The Bertz CT molecular complexity index is 2250. The number of aromatic nitrogens is 8. The summed E-state index contributed by atoms with van der Waals surface area (Å²) in [6.07, 6.45) is 16.2. The number of anilines is 2. The standard InChI is InChI=1S/C48H58N12O2/c1-7-31-23-51-47(52-24-31)57-41(29(3)4)45(61)59-21-9-11-39(59)43-49-27-37(55-43)35-17-13-33(14-18-35)34-15-19-36(20-16-34)38-28-50-44(56-38)40-12-10-22-60(40)46(62)42(30(5)6)58-48-53-25-32(8-2)26-54-48/h13-20,23-30,39-42H,7-12,21-22H2,1-6H3,(H,49,55)(H,50,56)(H,51,52,57)(H,53,54,58)/t39?,40?,41-,42-/m0/s1. The van der Waals surface area contributed by atoms with Gasteiger partial charge in [-0.25, -0.2) is 29.9 Å². The number of hydrogen-bond donors (Lipinski definition) is 4. The van der Waals surface area contributed by atoms with Gasteiger partial charge in [-0.2, -0.15) is 0 Å². The zero-order valence-corrected chi connectivity index (χ0v) is 36.6. The Kier molecular flexibility index (Phi) is 12.7. The molecule has 0 bridgehead atoms. The van der Waals surface area contributed by atoms with Crippen molar-refractivity contribution in [1.82, 2.24) is 49.7 Å². The molecular weight excluding hydrogens is 777 g/mol. The first-order valence-electron chi connectivity index (χ1n) is 22.2. The van der Waals surface area contributed by atoms with Crippen molar-refractivity contribution < 1.29 is 9.59 Å². The van der Waals surface area contributed by atoms with E-state index in [4.69, 9.17) is 9.97 Å². The number of aromatic amines is 2. The summed E-state index contributed by atoms with van der Waals surface area (Å²) >= 11 is 0. The number of rotatable bonds is 15. The topological polar surface area (TPSA) is 174 Å². The molecule has 8 rings (SSSR count). The Morgan fingerprint density at radius 1 is 0.565 bits per heavy atom. The van der Waals surface area contributed by atoms with Crippen molar-refractivity contribution in [2.45, 2.75) is 104 Å². The van der Waals surface area contributed by atoms with E-state index in [1.165, 1.54) is 0 Å². The van der Waals surface area contributed by atoms with Crippen molar-refractivity contribution in [3.05, 3.63) is 108 Å². The van der Waals surface area contributed by atoms with Gasteiger partial charge < -0.3 is 30.4 Å². The zero-order valence-electron chi connectivity index (χ0n) is 36.6. The highest BCUT2D eigenvalue weighted by Crippen LogP contribution is 2.35. The molecule has 2 aliphatic heterocycles. The smallest absolute Gasteiger partial charge is 0.246 e. The summed E-state index contributed by atoms with van der Waals surface area (Å²) in [5, 5.41) is 6.61. The van der Waals surface area contributed by atoms with Crippen LogP contribution in [0.2, 0.25) is 0 Å². The Labute approximate surface area is 363 Å². The first-order valence-corrected chi connectivity index (χ1v) is 22.2. The highest BCUT2D eigenvalue weighted by atomic mass is 16.2. The molecule has 0 spiro atoms. The van der Waals surface area contributed by atoms with Gasteiger partial charge in [-0.3, -0.25) is 9.59 Å². The van der Waals surface area contributed by atoms with E-state index in [-0.39, 0.29) is 35.7 Å². The third-order valence-corrected chi connectivity index (χ3v) is 12.3. The number of carbonyl (C=O) groups excluding carboxylic acids is 2. The number of amides is 2. The summed E-state index contributed by atoms with van der Waals surface area (Å²) in [5.74, 6) is 2.69. The number of likely N-dealkylation sites (tertiary alicyclic amines) is 2. The SMILES string of the molecule is CCc1cnc(N[C@H](C(=O)N2CCCC2c2ncc(-c3ccc(-c4ccc(-c5cnc(C6CCCN6C(=O)[C@@H](Nc6ncc(CC)cn6)C(C)C)[nH]5)cc4)cc3)[nH]2)C(C)C)nc1. The van der Waals surface area contributed by atoms with Crippen molar-refractivity contribution in [2.24, 2.45) is 11.8 Å². The molecule has 62 heavy (non-hydrogen) atoms. The van der Waals surface area contributed by atoms with E-state index < -0.39 is 12.1 Å². The second kappa shape index (κ2) is 18.7. The largest absolute Gasteiger partial charge is 0.342 e. The fourth-order valence-electron chi connectivity index (χ4n) is 8.51. The lowest BCUT2D eigenvalue weighted by atomic mass is 10.0. The van der Waals surface area contributed by atoms with E-state index in [9.17, 15) is 9.59 Å². The molecule has 4 atom stereocenters. The van der Waals surface area contributed by atoms with Gasteiger partial charge in [0.1, 0.15) is 23.7 Å². The first kappa shape index (κ1) is 42.3. The summed E-state index contributed by atoms with van der Waals surface area (Å²) in [6.45, 7) is 13.7. The number of hydrogen-bond acceptors (Lipinski definition) is 10. The molecule has 6 heterocycles. The van der Waals surface area contributed by atoms with Crippen LogP contribution < -0.4 is 10.6 Å². The average Bonchev–Trinajstić information content (AvgIpc) is 4.15. The molecule has 4 aromatic heterocycles. The van der Waals surface area contributed by atoms with E-state index in [0.717, 1.165) is 94.9 Å². The molecule has 2 saturated heterocycles. The van der Waals surface area contributed by atoms with Crippen molar-refractivity contribution in [3.63, 3.8) is 0 Å². The first-order chi connectivity index (χ1) is 30.1. The quantitative estimate of drug-likeness (QED) is 0.0787. The molecule has 2 aromatic carbocycles. The van der Waals surface area contributed by atoms with E-state index >= 15 is 0 Å². The van der Waals surface area contributed by atoms with Crippen molar-refractivity contribution in [1.29, 1.82) is 0 Å². The minimum Gasteiger partial charge on any atom is -0.342 e. The van der Waals surface area contributed by atoms with E-state index in [1.54, 1.807) is 0 Å². The molecule has 2 fully saturated rings. The maximum absolute atomic E-state index is 14.0. The lowest BCUT2D eigenvalue weighted by Gasteiger charge is -2.30. The molecule has 0 aliphatic carbocycles. The summed E-state index contributed by atoms with van der Waals surface area (Å²) in [4.78, 5) is 66.3. The predicted octanol–water partition coefficient (Wildman–Crippen LogP) is 8.44. The van der Waals surface area contributed by atoms with Gasteiger partial charge in [-0.05, 0) is 83.7 Å². The second-order valence-electron chi connectivity index (χ2n) is 17.2. The minimum atomic E-state index is -0.451. The maximum Gasteiger partial charge on any atom is 0.246 e. The molecule has 0 radical (unpaired) electrons. The van der Waals surface area contributed by atoms with Crippen LogP contribution in [-0.2, 0) is 22.4 Å². The van der Waals surface area contributed by atoms with E-state index in [2.05, 4.69) is 103 Å². The molecule has 0 saturated carbocycles. The number of carbonyl (C=O) groups is 2. The zero-order chi connectivity index (χ0) is 43.3. The third kappa shape index (κ3) is 9.09. The molecular formula is C48H58N12O2. The molecule has 322 valence electrons. The normalized spacial score (nSPS) is 17.5. The van der Waals surface area contributed by atoms with Gasteiger partial charge in [0.15, 0.2) is 0 Å². The third-order valence-electron chi connectivity index (χ3n) is 12.3.